The number of aliphatic hydroxyl groups is 1. The van der Waals surface area contributed by atoms with Gasteiger partial charge < -0.3 is 25.2 Å². The standard InChI is InChI=1S/C33H32Cl3F4N5O3/c1-17-8-10-45(11-9-17)26-15-27-25(13-21(26)30(46)42-19-5-7-24(37)23(35)12-19)43-28(44(27)3)14-20-22(34)6-4-18(29(20)36)16-41-31(47)32(2,48)33(38,39)40/h4-7,12-13,15,17,48H,8-11,14,16H2,1-3H3,(H,41,47)(H,42,46)/t32-/m1/s1. The minimum Gasteiger partial charge on any atom is -0.373 e. The van der Waals surface area contributed by atoms with Crippen LogP contribution < -0.4 is 15.5 Å². The fourth-order valence-corrected chi connectivity index (χ4v) is 6.23. The molecule has 5 rings (SSSR count). The van der Waals surface area contributed by atoms with Crippen LogP contribution in [-0.2, 0) is 24.8 Å². The summed E-state index contributed by atoms with van der Waals surface area (Å²) in [5.41, 5.74) is -0.253. The predicted molar refractivity (Wildman–Crippen MR) is 178 cm³/mol. The molecule has 2 amide bonds. The highest BCUT2D eigenvalue weighted by Gasteiger charge is 2.55. The van der Waals surface area contributed by atoms with Crippen molar-refractivity contribution in [3.05, 3.63) is 85.9 Å². The molecule has 15 heteroatoms. The van der Waals surface area contributed by atoms with E-state index in [2.05, 4.69) is 22.5 Å². The van der Waals surface area contributed by atoms with Crippen LogP contribution in [0.3, 0.4) is 0 Å². The van der Waals surface area contributed by atoms with Gasteiger partial charge in [0.1, 0.15) is 11.6 Å². The molecule has 0 aliphatic carbocycles. The molecule has 0 bridgehead atoms. The van der Waals surface area contributed by atoms with Crippen LogP contribution in [0.1, 0.15) is 54.0 Å². The average Bonchev–Trinajstić information content (AvgIpc) is 3.33. The van der Waals surface area contributed by atoms with Gasteiger partial charge in [0.2, 0.25) is 5.60 Å². The number of amides is 2. The number of nitrogens with one attached hydrogen (secondary N) is 2. The number of benzene rings is 3. The first kappa shape index (κ1) is 35.7. The van der Waals surface area contributed by atoms with E-state index < -0.39 is 36.0 Å². The summed E-state index contributed by atoms with van der Waals surface area (Å²) in [6, 6.07) is 10.5. The Balaban J connectivity index is 1.48. The third-order valence-corrected chi connectivity index (χ3v) is 9.79. The largest absolute Gasteiger partial charge is 0.426 e. The van der Waals surface area contributed by atoms with Crippen LogP contribution in [0.15, 0.2) is 42.5 Å². The molecule has 0 spiro atoms. The van der Waals surface area contributed by atoms with E-state index in [4.69, 9.17) is 39.8 Å². The van der Waals surface area contributed by atoms with Gasteiger partial charge in [-0.3, -0.25) is 9.59 Å². The van der Waals surface area contributed by atoms with E-state index in [-0.39, 0.29) is 27.1 Å². The number of nitrogens with zero attached hydrogens (tertiary/aromatic N) is 3. The van der Waals surface area contributed by atoms with E-state index in [1.54, 1.807) is 13.1 Å². The van der Waals surface area contributed by atoms with Crippen LogP contribution in [0.5, 0.6) is 0 Å². The maximum Gasteiger partial charge on any atom is 0.426 e. The van der Waals surface area contributed by atoms with Crippen molar-refractivity contribution >= 4 is 69.0 Å². The Kier molecular flexibility index (Phi) is 10.2. The Hall–Kier alpha value is -3.58. The van der Waals surface area contributed by atoms with Crippen molar-refractivity contribution in [2.45, 2.75) is 51.4 Å². The van der Waals surface area contributed by atoms with E-state index in [0.29, 0.717) is 46.7 Å². The topological polar surface area (TPSA) is 99.5 Å². The first-order valence-corrected chi connectivity index (χ1v) is 16.1. The number of hydrogen-bond acceptors (Lipinski definition) is 5. The molecule has 1 saturated heterocycles. The number of aromatic nitrogens is 2. The van der Waals surface area contributed by atoms with Gasteiger partial charge in [-0.05, 0) is 73.2 Å². The number of alkyl halides is 3. The van der Waals surface area contributed by atoms with Gasteiger partial charge in [-0.1, -0.05) is 47.8 Å². The van der Waals surface area contributed by atoms with Crippen molar-refractivity contribution < 1.29 is 32.3 Å². The Morgan fingerprint density at radius 2 is 1.73 bits per heavy atom. The maximum absolute atomic E-state index is 13.8. The Bertz CT molecular complexity index is 1890. The zero-order valence-corrected chi connectivity index (χ0v) is 28.4. The molecule has 0 unspecified atom stereocenters. The van der Waals surface area contributed by atoms with Gasteiger partial charge in [-0.2, -0.15) is 13.2 Å². The van der Waals surface area contributed by atoms with Crippen LogP contribution in [0.2, 0.25) is 15.1 Å². The summed E-state index contributed by atoms with van der Waals surface area (Å²) < 4.78 is 54.9. The number of hydrogen-bond donors (Lipinski definition) is 3. The lowest BCUT2D eigenvalue weighted by atomic mass is 9.97. The van der Waals surface area contributed by atoms with Gasteiger partial charge in [0.15, 0.2) is 0 Å². The minimum atomic E-state index is -5.17. The molecule has 3 aromatic carbocycles. The number of carbonyl (C=O) groups is 2. The number of imidazole rings is 1. The summed E-state index contributed by atoms with van der Waals surface area (Å²) in [6.07, 6.45) is -3.17. The smallest absolute Gasteiger partial charge is 0.373 e. The molecule has 48 heavy (non-hydrogen) atoms. The summed E-state index contributed by atoms with van der Waals surface area (Å²) in [5.74, 6) is -1.59. The van der Waals surface area contributed by atoms with E-state index in [1.165, 1.54) is 30.3 Å². The highest BCUT2D eigenvalue weighted by Crippen LogP contribution is 2.35. The van der Waals surface area contributed by atoms with Crippen LogP contribution in [-0.4, -0.2) is 51.3 Å². The van der Waals surface area contributed by atoms with E-state index in [1.807, 2.05) is 10.6 Å². The second-order valence-corrected chi connectivity index (χ2v) is 13.3. The Labute approximate surface area is 289 Å². The highest BCUT2D eigenvalue weighted by molar-refractivity contribution is 6.36. The quantitative estimate of drug-likeness (QED) is 0.162. The fourth-order valence-electron chi connectivity index (χ4n) is 5.48. The highest BCUT2D eigenvalue weighted by atomic mass is 35.5. The SMILES string of the molecule is CC1CCN(c2cc3c(cc2C(=O)Nc2ccc(F)c(Cl)c2)nc(Cc2c(Cl)ccc(CNC(=O)[C@@](C)(O)C(F)(F)F)c2Cl)n3C)CC1. The second kappa shape index (κ2) is 13.7. The molecule has 1 aromatic heterocycles. The lowest BCUT2D eigenvalue weighted by Crippen LogP contribution is -2.54. The monoisotopic (exact) mass is 727 g/mol. The van der Waals surface area contributed by atoms with Crippen molar-refractivity contribution in [2.24, 2.45) is 13.0 Å². The van der Waals surface area contributed by atoms with Crippen LogP contribution >= 0.6 is 34.8 Å². The van der Waals surface area contributed by atoms with Crippen molar-refractivity contribution in [1.29, 1.82) is 0 Å². The number of carbonyl (C=O) groups excluding carboxylic acids is 2. The summed E-state index contributed by atoms with van der Waals surface area (Å²) in [6.45, 7) is 3.64. The molecule has 1 aliphatic rings. The van der Waals surface area contributed by atoms with Crippen molar-refractivity contribution in [2.75, 3.05) is 23.3 Å². The normalized spacial score (nSPS) is 15.4. The third-order valence-electron chi connectivity index (χ3n) is 8.67. The molecular weight excluding hydrogens is 697 g/mol. The van der Waals surface area contributed by atoms with Gasteiger partial charge >= 0.3 is 6.18 Å². The molecule has 1 aliphatic heterocycles. The molecule has 1 atom stereocenters. The van der Waals surface area contributed by atoms with Crippen LogP contribution in [0.25, 0.3) is 11.0 Å². The van der Waals surface area contributed by atoms with Crippen molar-refractivity contribution in [3.8, 4) is 0 Å². The van der Waals surface area contributed by atoms with E-state index in [9.17, 15) is 32.3 Å². The zero-order chi connectivity index (χ0) is 35.1. The summed E-state index contributed by atoms with van der Waals surface area (Å²) in [7, 11) is 1.80. The lowest BCUT2D eigenvalue weighted by molar-refractivity contribution is -0.245. The molecule has 8 nitrogen and oxygen atoms in total. The summed E-state index contributed by atoms with van der Waals surface area (Å²) >= 11 is 19.1. The van der Waals surface area contributed by atoms with Gasteiger partial charge in [0, 0.05) is 43.8 Å². The third kappa shape index (κ3) is 7.22. The first-order chi connectivity index (χ1) is 22.5. The van der Waals surface area contributed by atoms with Gasteiger partial charge in [0.25, 0.3) is 11.8 Å². The van der Waals surface area contributed by atoms with Gasteiger partial charge in [-0.15, -0.1) is 0 Å². The molecule has 3 N–H and O–H groups in total. The molecule has 0 saturated carbocycles. The number of piperidine rings is 1. The van der Waals surface area contributed by atoms with Gasteiger partial charge in [-0.25, -0.2) is 9.37 Å². The molecule has 0 radical (unpaired) electrons. The van der Waals surface area contributed by atoms with Crippen molar-refractivity contribution in [1.82, 2.24) is 14.9 Å². The molecule has 1 fully saturated rings. The molecular formula is C33H32Cl3F4N5O3. The zero-order valence-electron chi connectivity index (χ0n) is 26.1. The van der Waals surface area contributed by atoms with E-state index >= 15 is 0 Å². The molecule has 2 heterocycles. The second-order valence-electron chi connectivity index (χ2n) is 12.1. The summed E-state index contributed by atoms with van der Waals surface area (Å²) in [5, 5.41) is 14.8. The fraction of sp³-hybridized carbons (Fsp3) is 0.364. The van der Waals surface area contributed by atoms with Gasteiger partial charge in [0.05, 0.1) is 32.3 Å². The van der Waals surface area contributed by atoms with Crippen LogP contribution in [0, 0.1) is 11.7 Å². The molecule has 4 aromatic rings. The van der Waals surface area contributed by atoms with Crippen molar-refractivity contribution in [3.63, 3.8) is 0 Å². The number of halogens is 7. The number of fused-ring (bicyclic) bond motifs is 1. The van der Waals surface area contributed by atoms with E-state index in [0.717, 1.165) is 31.4 Å². The lowest BCUT2D eigenvalue weighted by Gasteiger charge is -2.33. The number of anilines is 2. The number of rotatable bonds is 8. The first-order valence-electron chi connectivity index (χ1n) is 15.0. The summed E-state index contributed by atoms with van der Waals surface area (Å²) in [4.78, 5) is 32.7. The van der Waals surface area contributed by atoms with Crippen LogP contribution in [0.4, 0.5) is 28.9 Å². The minimum absolute atomic E-state index is 0.108. The Morgan fingerprint density at radius 3 is 2.38 bits per heavy atom. The Morgan fingerprint density at radius 1 is 1.04 bits per heavy atom. The number of aryl methyl sites for hydroxylation is 1. The molecule has 256 valence electrons. The maximum atomic E-state index is 13.8. The predicted octanol–water partition coefficient (Wildman–Crippen LogP) is 7.68. The average molecular weight is 729 g/mol.